The molecule has 1 saturated heterocycles. The number of carboxylic acid groups (broad SMARTS) is 1. The number of pyridine rings is 1. The fourth-order valence-electron chi connectivity index (χ4n) is 2.57. The molecule has 0 radical (unpaired) electrons. The third-order valence-electron chi connectivity index (χ3n) is 3.90. The number of hydrogen-bond acceptors (Lipinski definition) is 4. The maximum absolute atomic E-state index is 11.3. The van der Waals surface area contributed by atoms with Crippen LogP contribution in [0.2, 0.25) is 0 Å². The summed E-state index contributed by atoms with van der Waals surface area (Å²) in [4.78, 5) is 18.2. The minimum Gasteiger partial charge on any atom is -0.478 e. The van der Waals surface area contributed by atoms with E-state index in [0.717, 1.165) is 25.3 Å². The Morgan fingerprint density at radius 1 is 1.48 bits per heavy atom. The van der Waals surface area contributed by atoms with Crippen LogP contribution in [0.15, 0.2) is 12.1 Å². The molecule has 5 heteroatoms. The number of aromatic carboxylic acids is 1. The van der Waals surface area contributed by atoms with Gasteiger partial charge < -0.3 is 15.3 Å². The second-order valence-electron chi connectivity index (χ2n) is 6.98. The van der Waals surface area contributed by atoms with Crippen molar-refractivity contribution >= 4 is 11.8 Å². The Labute approximate surface area is 126 Å². The Morgan fingerprint density at radius 2 is 2.19 bits per heavy atom. The van der Waals surface area contributed by atoms with E-state index >= 15 is 0 Å². The van der Waals surface area contributed by atoms with Gasteiger partial charge in [0.25, 0.3) is 0 Å². The van der Waals surface area contributed by atoms with Gasteiger partial charge in [-0.15, -0.1) is 0 Å². The fraction of sp³-hybridized carbons (Fsp3) is 0.625. The summed E-state index contributed by atoms with van der Waals surface area (Å²) in [5.74, 6) is 0.351. The minimum absolute atomic E-state index is 0.171. The predicted molar refractivity (Wildman–Crippen MR) is 84.0 cm³/mol. The van der Waals surface area contributed by atoms with Crippen molar-refractivity contribution in [2.24, 2.45) is 5.92 Å². The van der Waals surface area contributed by atoms with Crippen molar-refractivity contribution in [3.63, 3.8) is 0 Å². The molecule has 5 nitrogen and oxygen atoms in total. The van der Waals surface area contributed by atoms with Crippen LogP contribution in [0.3, 0.4) is 0 Å². The molecule has 0 aliphatic carbocycles. The lowest BCUT2D eigenvalue weighted by Gasteiger charge is -2.20. The van der Waals surface area contributed by atoms with Gasteiger partial charge in [-0.25, -0.2) is 9.78 Å². The monoisotopic (exact) mass is 291 g/mol. The molecule has 0 saturated carbocycles. The standard InChI is InChI=1S/C16H25N3O2/c1-16(2,3)13-7-12(15(20)21)8-14(18-13)17-9-11-5-6-19(4)10-11/h7-8,11H,5-6,9-10H2,1-4H3,(H,17,18)(H,20,21). The van der Waals surface area contributed by atoms with Gasteiger partial charge in [-0.1, -0.05) is 20.8 Å². The van der Waals surface area contributed by atoms with Crippen LogP contribution in [0.5, 0.6) is 0 Å². The highest BCUT2D eigenvalue weighted by atomic mass is 16.4. The number of anilines is 1. The van der Waals surface area contributed by atoms with Crippen molar-refractivity contribution in [1.82, 2.24) is 9.88 Å². The van der Waals surface area contributed by atoms with Gasteiger partial charge >= 0.3 is 5.97 Å². The molecular weight excluding hydrogens is 266 g/mol. The van der Waals surface area contributed by atoms with Gasteiger partial charge in [0.1, 0.15) is 5.82 Å². The Morgan fingerprint density at radius 3 is 2.71 bits per heavy atom. The van der Waals surface area contributed by atoms with E-state index < -0.39 is 5.97 Å². The first-order valence-electron chi connectivity index (χ1n) is 7.44. The summed E-state index contributed by atoms with van der Waals surface area (Å²) >= 11 is 0. The highest BCUT2D eigenvalue weighted by molar-refractivity contribution is 5.88. The van der Waals surface area contributed by atoms with Crippen LogP contribution < -0.4 is 5.32 Å². The number of carboxylic acids is 1. The van der Waals surface area contributed by atoms with Crippen LogP contribution >= 0.6 is 0 Å². The largest absolute Gasteiger partial charge is 0.478 e. The van der Waals surface area contributed by atoms with Gasteiger partial charge in [-0.2, -0.15) is 0 Å². The molecule has 1 aliphatic rings. The molecule has 1 aromatic rings. The number of aromatic nitrogens is 1. The second kappa shape index (κ2) is 6.02. The van der Waals surface area contributed by atoms with E-state index in [0.29, 0.717) is 17.3 Å². The van der Waals surface area contributed by atoms with E-state index in [9.17, 15) is 9.90 Å². The molecular formula is C16H25N3O2. The van der Waals surface area contributed by atoms with E-state index in [1.807, 2.05) is 20.8 Å². The summed E-state index contributed by atoms with van der Waals surface area (Å²) in [6.07, 6.45) is 1.17. The molecule has 1 aliphatic heterocycles. The minimum atomic E-state index is -0.911. The van der Waals surface area contributed by atoms with E-state index in [1.165, 1.54) is 6.42 Å². The normalized spacial score (nSPS) is 19.7. The highest BCUT2D eigenvalue weighted by Crippen LogP contribution is 2.24. The first kappa shape index (κ1) is 15.8. The molecule has 2 rings (SSSR count). The molecule has 0 bridgehead atoms. The van der Waals surface area contributed by atoms with E-state index in [2.05, 4.69) is 22.2 Å². The zero-order chi connectivity index (χ0) is 15.6. The van der Waals surface area contributed by atoms with Gasteiger partial charge in [0.2, 0.25) is 0 Å². The number of likely N-dealkylation sites (tertiary alicyclic amines) is 1. The summed E-state index contributed by atoms with van der Waals surface area (Å²) in [5, 5.41) is 12.6. The first-order chi connectivity index (χ1) is 9.75. The molecule has 1 aromatic heterocycles. The number of nitrogens with zero attached hydrogens (tertiary/aromatic N) is 2. The van der Waals surface area contributed by atoms with Crippen molar-refractivity contribution in [3.05, 3.63) is 23.4 Å². The van der Waals surface area contributed by atoms with Crippen LogP contribution in [-0.2, 0) is 5.41 Å². The zero-order valence-electron chi connectivity index (χ0n) is 13.3. The van der Waals surface area contributed by atoms with Gasteiger partial charge in [-0.05, 0) is 38.1 Å². The third-order valence-corrected chi connectivity index (χ3v) is 3.90. The molecule has 2 N–H and O–H groups in total. The average Bonchev–Trinajstić information content (AvgIpc) is 2.81. The van der Waals surface area contributed by atoms with Gasteiger partial charge in [0, 0.05) is 24.2 Å². The van der Waals surface area contributed by atoms with Gasteiger partial charge in [0.05, 0.1) is 5.56 Å². The fourth-order valence-corrected chi connectivity index (χ4v) is 2.57. The van der Waals surface area contributed by atoms with Crippen molar-refractivity contribution < 1.29 is 9.90 Å². The molecule has 21 heavy (non-hydrogen) atoms. The predicted octanol–water partition coefficient (Wildman–Crippen LogP) is 2.44. The maximum Gasteiger partial charge on any atom is 0.335 e. The third kappa shape index (κ3) is 4.17. The van der Waals surface area contributed by atoms with Crippen LogP contribution in [0.25, 0.3) is 0 Å². The summed E-state index contributed by atoms with van der Waals surface area (Å²) in [6, 6.07) is 3.28. The van der Waals surface area contributed by atoms with Gasteiger partial charge in [0.15, 0.2) is 0 Å². The summed E-state index contributed by atoms with van der Waals surface area (Å²) in [6.45, 7) is 9.16. The molecule has 116 valence electrons. The number of rotatable bonds is 4. The maximum atomic E-state index is 11.3. The topological polar surface area (TPSA) is 65.5 Å². The van der Waals surface area contributed by atoms with Crippen LogP contribution in [0.4, 0.5) is 5.82 Å². The second-order valence-corrected chi connectivity index (χ2v) is 6.98. The van der Waals surface area contributed by atoms with Crippen molar-refractivity contribution in [3.8, 4) is 0 Å². The van der Waals surface area contributed by atoms with Crippen molar-refractivity contribution in [1.29, 1.82) is 0 Å². The Kier molecular flexibility index (Phi) is 4.52. The Balaban J connectivity index is 2.14. The van der Waals surface area contributed by atoms with Crippen molar-refractivity contribution in [2.45, 2.75) is 32.6 Å². The van der Waals surface area contributed by atoms with Crippen molar-refractivity contribution in [2.75, 3.05) is 32.0 Å². The Hall–Kier alpha value is -1.62. The molecule has 1 atom stereocenters. The zero-order valence-corrected chi connectivity index (χ0v) is 13.3. The lowest BCUT2D eigenvalue weighted by atomic mass is 9.90. The van der Waals surface area contributed by atoms with Gasteiger partial charge in [-0.3, -0.25) is 0 Å². The molecule has 1 fully saturated rings. The molecule has 0 amide bonds. The molecule has 0 spiro atoms. The number of nitrogens with one attached hydrogen (secondary N) is 1. The van der Waals surface area contributed by atoms with E-state index in [4.69, 9.17) is 0 Å². The van der Waals surface area contributed by atoms with Crippen LogP contribution in [-0.4, -0.2) is 47.6 Å². The first-order valence-corrected chi connectivity index (χ1v) is 7.44. The number of hydrogen-bond donors (Lipinski definition) is 2. The summed E-state index contributed by atoms with van der Waals surface area (Å²) in [5.41, 5.74) is 0.921. The molecule has 0 aromatic carbocycles. The summed E-state index contributed by atoms with van der Waals surface area (Å²) in [7, 11) is 2.13. The highest BCUT2D eigenvalue weighted by Gasteiger charge is 2.21. The van der Waals surface area contributed by atoms with E-state index in [-0.39, 0.29) is 5.41 Å². The quantitative estimate of drug-likeness (QED) is 0.892. The van der Waals surface area contributed by atoms with E-state index in [1.54, 1.807) is 12.1 Å². The smallest absolute Gasteiger partial charge is 0.335 e. The number of carbonyl (C=O) groups is 1. The Bertz CT molecular complexity index is 523. The SMILES string of the molecule is CN1CCC(CNc2cc(C(=O)O)cc(C(C)(C)C)n2)C1. The average molecular weight is 291 g/mol. The van der Waals surface area contributed by atoms with Crippen LogP contribution in [0, 0.1) is 5.92 Å². The lowest BCUT2D eigenvalue weighted by Crippen LogP contribution is -2.21. The molecule has 2 heterocycles. The lowest BCUT2D eigenvalue weighted by molar-refractivity contribution is 0.0696. The molecule has 1 unspecified atom stereocenters. The summed E-state index contributed by atoms with van der Waals surface area (Å²) < 4.78 is 0. The van der Waals surface area contributed by atoms with Crippen LogP contribution in [0.1, 0.15) is 43.2 Å².